The molecule has 1 N–H and O–H groups in total. The lowest BCUT2D eigenvalue weighted by Gasteiger charge is -2.29. The maximum atomic E-state index is 12.5. The van der Waals surface area contributed by atoms with E-state index in [-0.39, 0.29) is 25.0 Å². The summed E-state index contributed by atoms with van der Waals surface area (Å²) < 4.78 is 16.3. The Morgan fingerprint density at radius 2 is 1.85 bits per heavy atom. The van der Waals surface area contributed by atoms with Crippen LogP contribution in [0.15, 0.2) is 42.5 Å². The van der Waals surface area contributed by atoms with Crippen LogP contribution in [-0.4, -0.2) is 38.2 Å². The van der Waals surface area contributed by atoms with Crippen LogP contribution < -0.4 is 24.4 Å². The lowest BCUT2D eigenvalue weighted by molar-refractivity contribution is -0.133. The van der Waals surface area contributed by atoms with Gasteiger partial charge in [0.1, 0.15) is 6.54 Å². The Bertz CT molecular complexity index is 837. The second kappa shape index (κ2) is 8.44. The molecule has 1 heterocycles. The van der Waals surface area contributed by atoms with Crippen LogP contribution in [0.1, 0.15) is 13.8 Å². The van der Waals surface area contributed by atoms with Crippen LogP contribution in [0.25, 0.3) is 0 Å². The van der Waals surface area contributed by atoms with Gasteiger partial charge >= 0.3 is 5.97 Å². The minimum atomic E-state index is -0.388. The van der Waals surface area contributed by atoms with E-state index in [4.69, 9.17) is 14.2 Å². The van der Waals surface area contributed by atoms with Gasteiger partial charge in [0.2, 0.25) is 5.91 Å². The van der Waals surface area contributed by atoms with Crippen molar-refractivity contribution in [3.05, 3.63) is 42.5 Å². The average Bonchev–Trinajstić information content (AvgIpc) is 2.64. The molecule has 3 rings (SSSR count). The van der Waals surface area contributed by atoms with Crippen molar-refractivity contribution in [1.29, 1.82) is 0 Å². The van der Waals surface area contributed by atoms with Crippen molar-refractivity contribution < 1.29 is 23.8 Å². The van der Waals surface area contributed by atoms with Crippen LogP contribution in [-0.2, 0) is 9.59 Å². The van der Waals surface area contributed by atoms with Gasteiger partial charge in [-0.25, -0.2) is 4.79 Å². The lowest BCUT2D eigenvalue weighted by Crippen LogP contribution is -2.41. The van der Waals surface area contributed by atoms with E-state index < -0.39 is 0 Å². The monoisotopic (exact) mass is 370 g/mol. The second-order valence-electron chi connectivity index (χ2n) is 5.87. The molecule has 2 aromatic carbocycles. The summed E-state index contributed by atoms with van der Waals surface area (Å²) in [6, 6.07) is 12.4. The first-order chi connectivity index (χ1) is 13.1. The minimum Gasteiger partial charge on any atom is -0.490 e. The van der Waals surface area contributed by atoms with E-state index in [1.807, 2.05) is 26.0 Å². The fourth-order valence-corrected chi connectivity index (χ4v) is 2.84. The third-order valence-corrected chi connectivity index (χ3v) is 3.91. The number of nitrogens with zero attached hydrogens (tertiary/aromatic N) is 1. The Morgan fingerprint density at radius 3 is 2.63 bits per heavy atom. The molecule has 0 aliphatic carbocycles. The first kappa shape index (κ1) is 18.6. The zero-order valence-electron chi connectivity index (χ0n) is 15.4. The third kappa shape index (κ3) is 4.49. The van der Waals surface area contributed by atoms with Gasteiger partial charge in [-0.3, -0.25) is 4.79 Å². The molecule has 7 nitrogen and oxygen atoms in total. The molecule has 0 fully saturated rings. The van der Waals surface area contributed by atoms with Gasteiger partial charge in [-0.2, -0.15) is 0 Å². The van der Waals surface area contributed by atoms with Crippen molar-refractivity contribution in [2.24, 2.45) is 0 Å². The van der Waals surface area contributed by atoms with Crippen LogP contribution in [0.5, 0.6) is 17.2 Å². The number of hydrogen-bond donors (Lipinski definition) is 1. The number of carbonyl (C=O) groups excluding carboxylic acids is 2. The van der Waals surface area contributed by atoms with E-state index in [0.29, 0.717) is 41.8 Å². The Labute approximate surface area is 157 Å². The molecule has 2 aromatic rings. The Hall–Kier alpha value is -3.22. The normalized spacial score (nSPS) is 12.8. The van der Waals surface area contributed by atoms with Gasteiger partial charge < -0.3 is 24.4 Å². The van der Waals surface area contributed by atoms with Gasteiger partial charge in [-0.05, 0) is 38.1 Å². The van der Waals surface area contributed by atoms with E-state index in [0.717, 1.165) is 0 Å². The zero-order valence-corrected chi connectivity index (χ0v) is 15.4. The smallest absolute Gasteiger partial charge is 0.331 e. The number of para-hydroxylation sites is 2. The summed E-state index contributed by atoms with van der Waals surface area (Å²) in [5, 5.41) is 2.83. The summed E-state index contributed by atoms with van der Waals surface area (Å²) >= 11 is 0. The summed E-state index contributed by atoms with van der Waals surface area (Å²) in [6.07, 6.45) is 0. The van der Waals surface area contributed by atoms with Gasteiger partial charge in [0.25, 0.3) is 0 Å². The number of benzene rings is 2. The molecule has 0 saturated carbocycles. The van der Waals surface area contributed by atoms with Crippen LogP contribution in [0, 0.1) is 0 Å². The summed E-state index contributed by atoms with van der Waals surface area (Å²) in [7, 11) is 0. The topological polar surface area (TPSA) is 77.1 Å². The molecular formula is C20H22N2O5. The van der Waals surface area contributed by atoms with E-state index in [9.17, 15) is 9.59 Å². The lowest BCUT2D eigenvalue weighted by atomic mass is 10.2. The van der Waals surface area contributed by atoms with Gasteiger partial charge in [-0.1, -0.05) is 12.1 Å². The summed E-state index contributed by atoms with van der Waals surface area (Å²) in [4.78, 5) is 26.0. The highest BCUT2D eigenvalue weighted by atomic mass is 16.5. The number of hydrogen-bond acceptors (Lipinski definition) is 6. The fourth-order valence-electron chi connectivity index (χ4n) is 2.84. The molecule has 0 atom stereocenters. The molecule has 0 spiro atoms. The van der Waals surface area contributed by atoms with Crippen molar-refractivity contribution >= 4 is 23.3 Å². The largest absolute Gasteiger partial charge is 0.490 e. The highest BCUT2D eigenvalue weighted by molar-refractivity contribution is 5.96. The SMILES string of the molecule is CCOc1ccc(NC(=O)CN2CC(=O)Oc3ccccc32)cc1OCC. The standard InChI is InChI=1S/C20H22N2O5/c1-3-25-17-10-9-14(11-18(17)26-4-2)21-19(23)12-22-13-20(24)27-16-8-6-5-7-15(16)22/h5-11H,3-4,12-13H2,1-2H3,(H,21,23). The molecule has 0 unspecified atom stereocenters. The number of esters is 1. The van der Waals surface area contributed by atoms with E-state index in [1.165, 1.54) is 0 Å². The molecule has 0 radical (unpaired) electrons. The van der Waals surface area contributed by atoms with Crippen molar-refractivity contribution in [2.75, 3.05) is 36.5 Å². The summed E-state index contributed by atoms with van der Waals surface area (Å²) in [5.74, 6) is 1.03. The average molecular weight is 370 g/mol. The molecule has 142 valence electrons. The third-order valence-electron chi connectivity index (χ3n) is 3.91. The maximum Gasteiger partial charge on any atom is 0.331 e. The van der Waals surface area contributed by atoms with E-state index >= 15 is 0 Å². The van der Waals surface area contributed by atoms with Gasteiger partial charge in [0.15, 0.2) is 17.2 Å². The Morgan fingerprint density at radius 1 is 1.11 bits per heavy atom. The molecule has 1 aliphatic rings. The molecule has 7 heteroatoms. The maximum absolute atomic E-state index is 12.5. The number of carbonyl (C=O) groups is 2. The Kier molecular flexibility index (Phi) is 5.80. The van der Waals surface area contributed by atoms with Crippen molar-refractivity contribution in [1.82, 2.24) is 0 Å². The van der Waals surface area contributed by atoms with Crippen molar-refractivity contribution in [2.45, 2.75) is 13.8 Å². The number of amides is 1. The number of fused-ring (bicyclic) bond motifs is 1. The van der Waals surface area contributed by atoms with Crippen molar-refractivity contribution in [3.63, 3.8) is 0 Å². The van der Waals surface area contributed by atoms with Gasteiger partial charge in [0.05, 0.1) is 25.4 Å². The van der Waals surface area contributed by atoms with Crippen LogP contribution in [0.2, 0.25) is 0 Å². The summed E-state index contributed by atoms with van der Waals surface area (Å²) in [6.45, 7) is 4.85. The van der Waals surface area contributed by atoms with Gasteiger partial charge in [0, 0.05) is 11.8 Å². The van der Waals surface area contributed by atoms with E-state index in [1.54, 1.807) is 35.2 Å². The van der Waals surface area contributed by atoms with E-state index in [2.05, 4.69) is 5.32 Å². The Balaban J connectivity index is 1.71. The molecule has 1 aliphatic heterocycles. The highest BCUT2D eigenvalue weighted by Crippen LogP contribution is 2.32. The second-order valence-corrected chi connectivity index (χ2v) is 5.87. The van der Waals surface area contributed by atoms with Crippen LogP contribution in [0.4, 0.5) is 11.4 Å². The molecular weight excluding hydrogens is 348 g/mol. The number of ether oxygens (including phenoxy) is 3. The molecule has 27 heavy (non-hydrogen) atoms. The molecule has 0 saturated heterocycles. The molecule has 1 amide bonds. The number of anilines is 2. The predicted octanol–water partition coefficient (Wildman–Crippen LogP) is 2.85. The van der Waals surface area contributed by atoms with Crippen LogP contribution >= 0.6 is 0 Å². The number of rotatable bonds is 7. The zero-order chi connectivity index (χ0) is 19.2. The fraction of sp³-hybridized carbons (Fsp3) is 0.300. The number of nitrogens with one attached hydrogen (secondary N) is 1. The highest BCUT2D eigenvalue weighted by Gasteiger charge is 2.25. The molecule has 0 bridgehead atoms. The minimum absolute atomic E-state index is 0.0257. The molecule has 0 aromatic heterocycles. The van der Waals surface area contributed by atoms with Crippen LogP contribution in [0.3, 0.4) is 0 Å². The van der Waals surface area contributed by atoms with Gasteiger partial charge in [-0.15, -0.1) is 0 Å². The first-order valence-corrected chi connectivity index (χ1v) is 8.84. The predicted molar refractivity (Wildman–Crippen MR) is 102 cm³/mol. The first-order valence-electron chi connectivity index (χ1n) is 8.84. The quantitative estimate of drug-likeness (QED) is 0.597. The van der Waals surface area contributed by atoms with Crippen molar-refractivity contribution in [3.8, 4) is 17.2 Å². The summed E-state index contributed by atoms with van der Waals surface area (Å²) in [5.41, 5.74) is 1.31.